The molecule has 6 aromatic carbocycles. The van der Waals surface area contributed by atoms with Crippen LogP contribution in [-0.2, 0) is 39.4 Å². The van der Waals surface area contributed by atoms with Crippen molar-refractivity contribution in [1.82, 2.24) is 59.6 Å². The van der Waals surface area contributed by atoms with Gasteiger partial charge in [0.05, 0.1) is 46.3 Å². The zero-order valence-corrected chi connectivity index (χ0v) is 79.6. The summed E-state index contributed by atoms with van der Waals surface area (Å²) in [5, 5.41) is 38.2. The van der Waals surface area contributed by atoms with Crippen molar-refractivity contribution in [2.45, 2.75) is 176 Å². The lowest BCUT2D eigenvalue weighted by Crippen LogP contribution is -2.60. The molecule has 0 saturated carbocycles. The van der Waals surface area contributed by atoms with Crippen molar-refractivity contribution >= 4 is 55.7 Å². The number of aromatic nitrogens is 4. The molecular weight excluding hydrogens is 1880 g/mol. The maximum Gasteiger partial charge on any atom is 0.278 e. The molecule has 144 heavy (non-hydrogen) atoms. The number of rotatable bonds is 18. The molecule has 0 unspecified atom stereocenters. The van der Waals surface area contributed by atoms with Gasteiger partial charge in [-0.3, -0.25) is 96.3 Å². The number of amides is 8. The van der Waals surface area contributed by atoms with E-state index in [1.807, 2.05) is 202 Å². The average Bonchev–Trinajstić information content (AvgIpc) is 1.33. The molecule has 0 fully saturated rings. The number of carbonyl (C=O) groups is 8. The van der Waals surface area contributed by atoms with Crippen LogP contribution in [0.2, 0.25) is 0 Å². The first-order chi connectivity index (χ1) is 67.1. The monoisotopic (exact) mass is 1980 g/mol. The first-order valence-corrected chi connectivity index (χ1v) is 45.1. The molecule has 6 N–H and O–H groups in total. The Labute approximate surface area is 823 Å². The van der Waals surface area contributed by atoms with Crippen LogP contribution in [0, 0.1) is 46.5 Å². The molecule has 10 aromatic rings. The van der Waals surface area contributed by atoms with Gasteiger partial charge in [0.1, 0.15) is 109 Å². The van der Waals surface area contributed by atoms with E-state index in [2.05, 4.69) is 21.3 Å². The molecule has 18 rings (SSSR count). The molecule has 41 heteroatoms. The SMILES string of the molecule is C.C[C@H]1C=CC(C)(C)N2CN1n1cc(C(=O)NCc3ccc(F)cc3F)c(=O)c(O)c1C2=O.C[C@H]1C=CC(C)(C)N2CN1n1cc(C(=O)NCc3ccc(F)cc3F)c(=O)c(O)c1C2=O.C[C@H]1C=CC(C)(C)N2CN1n1cc(C(=O)NCc3ccc(F)cc3F)c(=O)c(OCc3ccccc3)c1C2=O.C[C@H]1C=CC(C)(C)N2CN1n1cc(C(=O)NCc3ccc(F)cc3F)c(=O)c(OCc3ccccc3)c1C2=O.[B]. The predicted molar refractivity (Wildman–Crippen MR) is 518 cm³/mol. The third kappa shape index (κ3) is 20.9. The third-order valence-corrected chi connectivity index (χ3v) is 25.7. The zero-order valence-electron chi connectivity index (χ0n) is 79.6. The number of fused-ring (bicyclic) bond motifs is 16. The number of hydrogen-bond donors (Lipinski definition) is 6. The van der Waals surface area contributed by atoms with Crippen molar-refractivity contribution in [2.24, 2.45) is 0 Å². The molecule has 8 aliphatic rings. The second kappa shape index (κ2) is 41.5. The Morgan fingerprint density at radius 3 is 0.799 bits per heavy atom. The van der Waals surface area contributed by atoms with Gasteiger partial charge in [0.15, 0.2) is 45.8 Å². The van der Waals surface area contributed by atoms with E-state index in [1.54, 1.807) is 19.8 Å². The largest absolute Gasteiger partial charge is 0.502 e. The van der Waals surface area contributed by atoms with Crippen LogP contribution in [0.5, 0.6) is 23.0 Å². The number of halogens is 8. The van der Waals surface area contributed by atoms with Crippen LogP contribution < -0.4 is 72.5 Å². The first kappa shape index (κ1) is 105. The fourth-order valence-corrected chi connectivity index (χ4v) is 17.0. The number of hydrogen-bond acceptors (Lipinski definition) is 20. The fraction of sp³-hybridized carbons (Fsp3) is 0.301. The van der Waals surface area contributed by atoms with Gasteiger partial charge in [-0.05, 0) is 118 Å². The van der Waals surface area contributed by atoms with Gasteiger partial charge in [0.2, 0.25) is 21.7 Å². The van der Waals surface area contributed by atoms with Gasteiger partial charge >= 0.3 is 0 Å². The summed E-state index contributed by atoms with van der Waals surface area (Å²) in [7, 11) is 0. The number of aromatic hydroxyl groups is 2. The first-order valence-electron chi connectivity index (χ1n) is 45.1. The number of pyridine rings is 4. The van der Waals surface area contributed by atoms with Crippen LogP contribution in [0.3, 0.4) is 0 Å². The summed E-state index contributed by atoms with van der Waals surface area (Å²) in [5.74, 6) is -13.6. The Bertz CT molecular complexity index is 6770. The predicted octanol–water partition coefficient (Wildman–Crippen LogP) is 11.4. The maximum absolute atomic E-state index is 14.1. The van der Waals surface area contributed by atoms with Crippen LogP contribution >= 0.6 is 0 Å². The number of nitrogens with one attached hydrogen (secondary N) is 4. The Hall–Kier alpha value is -16.3. The standard InChI is InChI=1S/2C29H28F2N4O4.2C22H22F2N4O4.CH4.B/c2*1-18-11-12-29(2,3)33-17-35(18)34-15-22(27(37)32-14-20-9-10-21(30)13-23(20)31)25(36)26(24(34)28(33)38)39-16-19-7-5-4-6-8-19;2*1-12-6-7-22(2,3)26-11-28(12)27-10-15(18(29)19(30)17(27)21(26)32)20(31)25-9-13-4-5-14(23)8-16(13)24;;/h2*4-13,15,18H,14,16-17H2,1-3H3,(H,32,37);2*4-8,10,12,30H,9,11H2,1-3H3,(H,25,31);1H4;/t2*18-;2*12-;;/m0000../s1. The number of benzene rings is 6. The highest BCUT2D eigenvalue weighted by Gasteiger charge is 2.49. The Balaban J connectivity index is 0.000000161. The van der Waals surface area contributed by atoms with Crippen molar-refractivity contribution < 1.29 is 93.2 Å². The van der Waals surface area contributed by atoms with Crippen LogP contribution in [0.4, 0.5) is 35.1 Å². The van der Waals surface area contributed by atoms with E-state index < -0.39 is 160 Å². The molecule has 32 nitrogen and oxygen atoms in total. The van der Waals surface area contributed by atoms with Crippen LogP contribution in [-0.4, -0.2) is 177 Å². The molecule has 3 radical (unpaired) electrons. The van der Waals surface area contributed by atoms with E-state index in [1.165, 1.54) is 77.6 Å². The highest BCUT2D eigenvalue weighted by Crippen LogP contribution is 2.38. The number of ether oxygens (including phenoxy) is 2. The minimum absolute atomic E-state index is 0. The average molecular weight is 1980 g/mol. The van der Waals surface area contributed by atoms with E-state index in [0.29, 0.717) is 12.1 Å². The Morgan fingerprint density at radius 2 is 0.562 bits per heavy atom. The molecule has 0 aliphatic carbocycles. The molecule has 0 saturated heterocycles. The van der Waals surface area contributed by atoms with Crippen LogP contribution in [0.25, 0.3) is 0 Å². The van der Waals surface area contributed by atoms with E-state index in [9.17, 15) is 103 Å². The van der Waals surface area contributed by atoms with Gasteiger partial charge in [-0.15, -0.1) is 0 Å². The van der Waals surface area contributed by atoms with E-state index >= 15 is 0 Å². The molecule has 8 bridgehead atoms. The third-order valence-electron chi connectivity index (χ3n) is 25.7. The molecule has 8 aliphatic heterocycles. The number of carbonyl (C=O) groups excluding carboxylic acids is 8. The Morgan fingerprint density at radius 1 is 0.340 bits per heavy atom. The molecule has 12 heterocycles. The Kier molecular flexibility index (Phi) is 30.3. The van der Waals surface area contributed by atoms with E-state index in [0.717, 1.165) is 47.5 Å². The normalized spacial score (nSPS) is 17.9. The van der Waals surface area contributed by atoms with Gasteiger partial charge in [-0.2, -0.15) is 0 Å². The molecule has 4 aromatic heterocycles. The maximum atomic E-state index is 14.1. The molecule has 8 amide bonds. The van der Waals surface area contributed by atoms with Gasteiger partial charge in [-0.1, -0.05) is 141 Å². The summed E-state index contributed by atoms with van der Waals surface area (Å²) in [6, 6.07) is 29.4. The summed E-state index contributed by atoms with van der Waals surface area (Å²) in [4.78, 5) is 165. The minimum Gasteiger partial charge on any atom is -0.502 e. The molecule has 751 valence electrons. The summed E-state index contributed by atoms with van der Waals surface area (Å²) in [5.41, 5.74) is -6.18. The topological polar surface area (TPSA) is 358 Å². The lowest BCUT2D eigenvalue weighted by atomic mass is 10.0. The molecule has 4 atom stereocenters. The van der Waals surface area contributed by atoms with Crippen molar-refractivity contribution in [2.75, 3.05) is 46.7 Å². The van der Waals surface area contributed by atoms with Gasteiger partial charge < -0.3 is 60.6 Å². The number of nitrogens with zero attached hydrogens (tertiary/aromatic N) is 12. The fourth-order valence-electron chi connectivity index (χ4n) is 17.0. The highest BCUT2D eigenvalue weighted by molar-refractivity contribution is 6.03. The van der Waals surface area contributed by atoms with Crippen LogP contribution in [0.1, 0.15) is 207 Å². The lowest BCUT2D eigenvalue weighted by molar-refractivity contribution is 0.0534. The molecular formula is C103H104BF8N16O16. The quantitative estimate of drug-likeness (QED) is 0.0264. The van der Waals surface area contributed by atoms with Crippen LogP contribution in [0.15, 0.2) is 226 Å². The zero-order chi connectivity index (χ0) is 103. The lowest BCUT2D eigenvalue weighted by Gasteiger charge is -2.45. The smallest absolute Gasteiger partial charge is 0.278 e. The summed E-state index contributed by atoms with van der Waals surface area (Å²) < 4.78 is 126. The van der Waals surface area contributed by atoms with Crippen molar-refractivity contribution in [1.29, 1.82) is 0 Å². The second-order valence-corrected chi connectivity index (χ2v) is 37.1. The van der Waals surface area contributed by atoms with E-state index in [-0.39, 0.29) is 174 Å². The van der Waals surface area contributed by atoms with Crippen molar-refractivity contribution in [3.63, 3.8) is 0 Å². The minimum atomic E-state index is -1.01. The van der Waals surface area contributed by atoms with Gasteiger partial charge in [0, 0.05) is 106 Å². The van der Waals surface area contributed by atoms with Crippen molar-refractivity contribution in [3.05, 3.63) is 373 Å². The van der Waals surface area contributed by atoms with E-state index in [4.69, 9.17) is 9.47 Å². The van der Waals surface area contributed by atoms with Gasteiger partial charge in [-0.25, -0.2) is 35.1 Å². The molecule has 0 spiro atoms. The summed E-state index contributed by atoms with van der Waals surface area (Å²) >= 11 is 0. The van der Waals surface area contributed by atoms with Crippen molar-refractivity contribution in [3.8, 4) is 23.0 Å². The second-order valence-electron chi connectivity index (χ2n) is 37.1. The summed E-state index contributed by atoms with van der Waals surface area (Å²) in [6.07, 6.45) is 20.4. The highest BCUT2D eigenvalue weighted by atomic mass is 19.2. The van der Waals surface area contributed by atoms with Gasteiger partial charge in [0.25, 0.3) is 47.3 Å². The summed E-state index contributed by atoms with van der Waals surface area (Å²) in [6.45, 7) is 22.3.